The van der Waals surface area contributed by atoms with Gasteiger partial charge in [0.1, 0.15) is 5.84 Å². The van der Waals surface area contributed by atoms with Gasteiger partial charge in [-0.05, 0) is 31.5 Å². The molecule has 200 valence electrons. The first-order chi connectivity index (χ1) is 16.9. The fraction of sp³-hybridized carbons (Fsp3) is 0.609. The van der Waals surface area contributed by atoms with Crippen LogP contribution < -0.4 is 19.2 Å². The van der Waals surface area contributed by atoms with Crippen LogP contribution in [0.5, 0.6) is 0 Å². The summed E-state index contributed by atoms with van der Waals surface area (Å²) in [5, 5.41) is 12.5. The van der Waals surface area contributed by atoms with E-state index in [0.29, 0.717) is 61.4 Å². The molecule has 0 saturated carbocycles. The Balaban J connectivity index is 0.000000813. The Morgan fingerprint density at radius 3 is 2.54 bits per heavy atom. The van der Waals surface area contributed by atoms with Crippen LogP contribution in [0.3, 0.4) is 0 Å². The van der Waals surface area contributed by atoms with Crippen LogP contribution in [0, 0.1) is 5.92 Å². The maximum Gasteiger partial charge on any atom is 0.225 e. The molecule has 1 heterocycles. The number of ether oxygens (including phenoxy) is 2. The summed E-state index contributed by atoms with van der Waals surface area (Å²) in [6.45, 7) is 12.9. The van der Waals surface area contributed by atoms with Crippen molar-refractivity contribution in [2.45, 2.75) is 40.5 Å². The van der Waals surface area contributed by atoms with Crippen molar-refractivity contribution in [3.8, 4) is 0 Å². The number of anilines is 1. The second-order valence-electron chi connectivity index (χ2n) is 6.98. The summed E-state index contributed by atoms with van der Waals surface area (Å²) in [6.07, 6.45) is 1.54. The van der Waals surface area contributed by atoms with Gasteiger partial charge in [-0.15, -0.1) is 0 Å². The van der Waals surface area contributed by atoms with Crippen molar-refractivity contribution in [3.63, 3.8) is 0 Å². The molecule has 1 unspecified atom stereocenters. The van der Waals surface area contributed by atoms with Gasteiger partial charge in [0.25, 0.3) is 0 Å². The fourth-order valence-corrected chi connectivity index (χ4v) is 3.18. The lowest BCUT2D eigenvalue weighted by Gasteiger charge is -2.14. The molecule has 2 rings (SSSR count). The summed E-state index contributed by atoms with van der Waals surface area (Å²) in [5.41, 5.74) is 0.825. The Hall–Kier alpha value is -1.18. The Morgan fingerprint density at radius 1 is 1.20 bits per heavy atom. The summed E-state index contributed by atoms with van der Waals surface area (Å²) >= 11 is 14.0. The molecule has 0 spiro atoms. The number of carbonyl (C=O) groups excluding carboxylic acids is 2. The Kier molecular flexibility index (Phi) is 21.3. The maximum absolute atomic E-state index is 11.9. The minimum atomic E-state index is -0.112. The third kappa shape index (κ3) is 15.5. The normalized spacial score (nSPS) is 14.2. The number of hydrogen-bond donors (Lipinski definition) is 3. The van der Waals surface area contributed by atoms with Crippen LogP contribution in [0.1, 0.15) is 40.5 Å². The second kappa shape index (κ2) is 22.1. The number of halogens is 3. The molecule has 0 aliphatic carbocycles. The van der Waals surface area contributed by atoms with Crippen LogP contribution in [0.15, 0.2) is 23.3 Å². The van der Waals surface area contributed by atoms with E-state index in [1.165, 1.54) is 0 Å². The van der Waals surface area contributed by atoms with Crippen molar-refractivity contribution in [2.75, 3.05) is 51.1 Å². The van der Waals surface area contributed by atoms with Gasteiger partial charge in [0.2, 0.25) is 12.3 Å². The number of nitrogens with zero attached hydrogens (tertiary/aromatic N) is 2. The van der Waals surface area contributed by atoms with Gasteiger partial charge in [0.15, 0.2) is 0 Å². The second-order valence-corrected chi connectivity index (χ2v) is 8.56. The Morgan fingerprint density at radius 2 is 1.91 bits per heavy atom. The molecule has 9 nitrogen and oxygen atoms in total. The molecule has 35 heavy (non-hydrogen) atoms. The van der Waals surface area contributed by atoms with Crippen molar-refractivity contribution in [1.29, 1.82) is 0 Å². The van der Waals surface area contributed by atoms with E-state index in [2.05, 4.69) is 42.1 Å². The first-order valence-electron chi connectivity index (χ1n) is 11.7. The number of amidine groups is 1. The molecule has 0 bridgehead atoms. The number of amides is 2. The average molecular weight is 646 g/mol. The molecule has 1 aliphatic rings. The van der Waals surface area contributed by atoms with Gasteiger partial charge in [-0.3, -0.25) is 18.1 Å². The van der Waals surface area contributed by atoms with Crippen LogP contribution >= 0.6 is 46.1 Å². The number of carbonyl (C=O) groups is 2. The molecule has 1 aliphatic heterocycles. The quantitative estimate of drug-likeness (QED) is 0.127. The van der Waals surface area contributed by atoms with Gasteiger partial charge in [-0.2, -0.15) is 5.10 Å². The van der Waals surface area contributed by atoms with Crippen molar-refractivity contribution >= 4 is 69.9 Å². The molecular weight excluding hydrogens is 608 g/mol. The van der Waals surface area contributed by atoms with Crippen LogP contribution in [-0.2, 0) is 19.1 Å². The van der Waals surface area contributed by atoms with E-state index >= 15 is 0 Å². The van der Waals surface area contributed by atoms with Gasteiger partial charge in [-0.25, -0.2) is 0 Å². The SMILES string of the molecule is CC.CC1CN(c2ccc(Cl)c(Cl)c2)N=C1NC(=O)CCCNC=O.CCOCCOCCNI. The van der Waals surface area contributed by atoms with E-state index < -0.39 is 0 Å². The van der Waals surface area contributed by atoms with Crippen molar-refractivity contribution in [2.24, 2.45) is 11.0 Å². The number of hydrogen-bond acceptors (Lipinski definition) is 7. The minimum Gasteiger partial charge on any atom is -0.379 e. The van der Waals surface area contributed by atoms with E-state index in [1.807, 2.05) is 33.8 Å². The maximum atomic E-state index is 11.9. The molecule has 0 radical (unpaired) electrons. The monoisotopic (exact) mass is 645 g/mol. The zero-order valence-electron chi connectivity index (χ0n) is 20.9. The van der Waals surface area contributed by atoms with E-state index in [4.69, 9.17) is 32.7 Å². The lowest BCUT2D eigenvalue weighted by Crippen LogP contribution is -2.33. The van der Waals surface area contributed by atoms with Gasteiger partial charge < -0.3 is 20.1 Å². The largest absolute Gasteiger partial charge is 0.379 e. The highest BCUT2D eigenvalue weighted by atomic mass is 127. The number of hydrazone groups is 1. The van der Waals surface area contributed by atoms with Gasteiger partial charge in [0.05, 0.1) is 42.1 Å². The zero-order valence-corrected chi connectivity index (χ0v) is 24.6. The Bertz CT molecular complexity index is 751. The van der Waals surface area contributed by atoms with Gasteiger partial charge in [0, 0.05) is 54.9 Å². The number of nitrogens with one attached hydrogen (secondary N) is 3. The topological polar surface area (TPSA) is 104 Å². The molecule has 0 aromatic heterocycles. The molecule has 1 aromatic rings. The third-order valence-corrected chi connectivity index (χ3v) is 5.61. The molecule has 1 aromatic carbocycles. The van der Waals surface area contributed by atoms with Crippen molar-refractivity contribution in [3.05, 3.63) is 28.2 Å². The van der Waals surface area contributed by atoms with Crippen LogP contribution in [0.2, 0.25) is 10.0 Å². The standard InChI is InChI=1S/C15H18Cl2N4O2.C6H14INO2.C2H6/c1-10-8-21(11-4-5-12(16)13(17)7-11)20-15(10)19-14(23)3-2-6-18-9-22;1-2-9-5-6-10-4-3-8-7;1-2/h4-5,7,9-10H,2-3,6,8H2,1H3,(H,18,22)(H,19,20,23);8H,2-6H2,1H3;1-2H3. The summed E-state index contributed by atoms with van der Waals surface area (Å²) in [5.74, 6) is 0.616. The van der Waals surface area contributed by atoms with Crippen molar-refractivity contribution < 1.29 is 19.1 Å². The Labute approximate surface area is 233 Å². The number of benzene rings is 1. The predicted molar refractivity (Wildman–Crippen MR) is 153 cm³/mol. The smallest absolute Gasteiger partial charge is 0.225 e. The van der Waals surface area contributed by atoms with E-state index in [9.17, 15) is 9.59 Å². The molecule has 3 N–H and O–H groups in total. The third-order valence-electron chi connectivity index (χ3n) is 4.34. The molecule has 12 heteroatoms. The van der Waals surface area contributed by atoms with E-state index in [-0.39, 0.29) is 11.8 Å². The summed E-state index contributed by atoms with van der Waals surface area (Å²) in [7, 11) is 0. The predicted octanol–water partition coefficient (Wildman–Crippen LogP) is 4.41. The lowest BCUT2D eigenvalue weighted by molar-refractivity contribution is -0.120. The average Bonchev–Trinajstić information content (AvgIpc) is 3.22. The summed E-state index contributed by atoms with van der Waals surface area (Å²) in [6, 6.07) is 5.30. The van der Waals surface area contributed by atoms with E-state index in [1.54, 1.807) is 17.1 Å². The zero-order chi connectivity index (χ0) is 26.5. The first kappa shape index (κ1) is 33.8. The van der Waals surface area contributed by atoms with Gasteiger partial charge in [-0.1, -0.05) is 44.0 Å². The highest BCUT2D eigenvalue weighted by molar-refractivity contribution is 14.1. The van der Waals surface area contributed by atoms with Crippen molar-refractivity contribution in [1.82, 2.24) is 14.2 Å². The lowest BCUT2D eigenvalue weighted by atomic mass is 10.1. The highest BCUT2D eigenvalue weighted by Gasteiger charge is 2.25. The molecule has 2 amide bonds. The molecule has 1 atom stereocenters. The minimum absolute atomic E-state index is 0.0986. The highest BCUT2D eigenvalue weighted by Crippen LogP contribution is 2.29. The molecule has 0 saturated heterocycles. The van der Waals surface area contributed by atoms with E-state index in [0.717, 1.165) is 25.4 Å². The van der Waals surface area contributed by atoms with Gasteiger partial charge >= 0.3 is 0 Å². The summed E-state index contributed by atoms with van der Waals surface area (Å²) in [4.78, 5) is 22.0. The molecule has 0 fully saturated rings. The van der Waals surface area contributed by atoms with Crippen LogP contribution in [0.25, 0.3) is 0 Å². The fourth-order valence-electron chi connectivity index (χ4n) is 2.66. The first-order valence-corrected chi connectivity index (χ1v) is 13.5. The van der Waals surface area contributed by atoms with Crippen LogP contribution in [-0.4, -0.2) is 64.2 Å². The van der Waals surface area contributed by atoms with Crippen LogP contribution in [0.4, 0.5) is 5.69 Å². The number of rotatable bonds is 13. The molecular formula is C23H38Cl2IN5O4. The summed E-state index contributed by atoms with van der Waals surface area (Å²) < 4.78 is 13.2.